The lowest BCUT2D eigenvalue weighted by molar-refractivity contribution is 0.302. The Kier molecular flexibility index (Phi) is 2.03. The summed E-state index contributed by atoms with van der Waals surface area (Å²) in [6, 6.07) is 14.5. The number of halogens is 1. The summed E-state index contributed by atoms with van der Waals surface area (Å²) in [6.07, 6.45) is 0. The second-order valence-electron chi connectivity index (χ2n) is 3.59. The Morgan fingerprint density at radius 2 is 1.87 bits per heavy atom. The largest absolute Gasteiger partial charge is 0.488 e. The van der Waals surface area contributed by atoms with E-state index in [1.165, 1.54) is 16.7 Å². The normalized spacial score (nSPS) is 12.6. The number of rotatable bonds is 0. The second kappa shape index (κ2) is 3.38. The van der Waals surface area contributed by atoms with Crippen LogP contribution in [-0.4, -0.2) is 0 Å². The Balaban J connectivity index is 2.28. The molecule has 0 aliphatic carbocycles. The lowest BCUT2D eigenvalue weighted by Crippen LogP contribution is -2.04. The first-order chi connectivity index (χ1) is 7.34. The molecule has 0 spiro atoms. The molecule has 1 heterocycles. The molecule has 2 heteroatoms. The van der Waals surface area contributed by atoms with Gasteiger partial charge in [-0.2, -0.15) is 0 Å². The molecule has 0 fully saturated rings. The third kappa shape index (κ3) is 1.45. The fourth-order valence-electron chi connectivity index (χ4n) is 1.90. The summed E-state index contributed by atoms with van der Waals surface area (Å²) in [4.78, 5) is 0. The van der Waals surface area contributed by atoms with E-state index in [-0.39, 0.29) is 0 Å². The van der Waals surface area contributed by atoms with Gasteiger partial charge >= 0.3 is 0 Å². The minimum absolute atomic E-state index is 0.671. The van der Waals surface area contributed by atoms with E-state index in [0.29, 0.717) is 6.61 Å². The van der Waals surface area contributed by atoms with E-state index in [4.69, 9.17) is 4.74 Å². The van der Waals surface area contributed by atoms with Gasteiger partial charge in [0.1, 0.15) is 12.4 Å². The van der Waals surface area contributed by atoms with Crippen molar-refractivity contribution in [1.29, 1.82) is 0 Å². The van der Waals surface area contributed by atoms with Crippen LogP contribution in [0.25, 0.3) is 11.1 Å². The lowest BCUT2D eigenvalue weighted by Gasteiger charge is -2.20. The van der Waals surface area contributed by atoms with E-state index in [1.54, 1.807) is 0 Å². The third-order valence-electron chi connectivity index (χ3n) is 2.63. The van der Waals surface area contributed by atoms with Crippen molar-refractivity contribution in [3.05, 3.63) is 52.5 Å². The van der Waals surface area contributed by atoms with Crippen LogP contribution in [0, 0.1) is 0 Å². The molecule has 15 heavy (non-hydrogen) atoms. The highest BCUT2D eigenvalue weighted by Crippen LogP contribution is 2.38. The van der Waals surface area contributed by atoms with Gasteiger partial charge in [-0.3, -0.25) is 0 Å². The average molecular weight is 261 g/mol. The van der Waals surface area contributed by atoms with Crippen LogP contribution in [0.4, 0.5) is 0 Å². The van der Waals surface area contributed by atoms with E-state index in [9.17, 15) is 0 Å². The number of ether oxygens (including phenoxy) is 1. The Morgan fingerprint density at radius 1 is 1.00 bits per heavy atom. The zero-order chi connectivity index (χ0) is 10.3. The van der Waals surface area contributed by atoms with Gasteiger partial charge < -0.3 is 4.74 Å². The van der Waals surface area contributed by atoms with Crippen LogP contribution in [0.2, 0.25) is 0 Å². The molecule has 2 aromatic rings. The zero-order valence-corrected chi connectivity index (χ0v) is 9.62. The average Bonchev–Trinajstić information content (AvgIpc) is 2.29. The van der Waals surface area contributed by atoms with Gasteiger partial charge in [-0.05, 0) is 29.3 Å². The number of benzene rings is 2. The van der Waals surface area contributed by atoms with Crippen molar-refractivity contribution in [2.45, 2.75) is 6.61 Å². The van der Waals surface area contributed by atoms with Gasteiger partial charge in [0.2, 0.25) is 0 Å². The Bertz CT molecular complexity index is 520. The fraction of sp³-hybridized carbons (Fsp3) is 0.0769. The zero-order valence-electron chi connectivity index (χ0n) is 8.03. The summed E-state index contributed by atoms with van der Waals surface area (Å²) >= 11 is 3.49. The first kappa shape index (κ1) is 8.98. The molecule has 2 aromatic carbocycles. The third-order valence-corrected chi connectivity index (χ3v) is 3.13. The van der Waals surface area contributed by atoms with Crippen molar-refractivity contribution < 1.29 is 4.74 Å². The summed E-state index contributed by atoms with van der Waals surface area (Å²) in [5, 5.41) is 0. The molecular weight excluding hydrogens is 252 g/mol. The van der Waals surface area contributed by atoms with Crippen LogP contribution in [0.5, 0.6) is 5.75 Å². The molecule has 1 aliphatic rings. The van der Waals surface area contributed by atoms with Crippen molar-refractivity contribution in [2.24, 2.45) is 0 Å². The standard InChI is InChI=1S/C13H9BrO/c14-10-5-6-13-12(7-10)11-4-2-1-3-9(11)8-15-13/h1-7H,8H2. The lowest BCUT2D eigenvalue weighted by atomic mass is 9.97. The topological polar surface area (TPSA) is 9.23 Å². The van der Waals surface area contributed by atoms with Crippen LogP contribution in [-0.2, 0) is 6.61 Å². The molecule has 0 N–H and O–H groups in total. The highest BCUT2D eigenvalue weighted by molar-refractivity contribution is 9.10. The van der Waals surface area contributed by atoms with Crippen LogP contribution in [0.1, 0.15) is 5.56 Å². The summed E-state index contributed by atoms with van der Waals surface area (Å²) in [5.74, 6) is 0.969. The van der Waals surface area contributed by atoms with Gasteiger partial charge in [0.15, 0.2) is 0 Å². The maximum Gasteiger partial charge on any atom is 0.127 e. The summed E-state index contributed by atoms with van der Waals surface area (Å²) in [5.41, 5.74) is 3.70. The molecule has 0 saturated heterocycles. The predicted octanol–water partition coefficient (Wildman–Crippen LogP) is 4.01. The fourth-order valence-corrected chi connectivity index (χ4v) is 2.26. The molecule has 0 atom stereocenters. The Morgan fingerprint density at radius 3 is 2.80 bits per heavy atom. The minimum Gasteiger partial charge on any atom is -0.488 e. The number of fused-ring (bicyclic) bond motifs is 3. The first-order valence-electron chi connectivity index (χ1n) is 4.85. The molecule has 0 saturated carbocycles. The molecule has 3 rings (SSSR count). The van der Waals surface area contributed by atoms with Gasteiger partial charge in [-0.15, -0.1) is 0 Å². The SMILES string of the molecule is Brc1ccc2c(c1)-c1ccccc1CO2. The highest BCUT2D eigenvalue weighted by Gasteiger charge is 2.16. The quantitative estimate of drug-likeness (QED) is 0.696. The Hall–Kier alpha value is -1.28. The first-order valence-corrected chi connectivity index (χ1v) is 5.64. The van der Waals surface area contributed by atoms with Crippen LogP contribution in [0.3, 0.4) is 0 Å². The molecule has 0 unspecified atom stereocenters. The van der Waals surface area contributed by atoms with Gasteiger partial charge in [-0.1, -0.05) is 40.2 Å². The number of hydrogen-bond donors (Lipinski definition) is 0. The predicted molar refractivity (Wildman–Crippen MR) is 63.9 cm³/mol. The van der Waals surface area contributed by atoms with E-state index < -0.39 is 0 Å². The van der Waals surface area contributed by atoms with E-state index in [0.717, 1.165) is 10.2 Å². The van der Waals surface area contributed by atoms with Gasteiger partial charge in [0, 0.05) is 10.0 Å². The summed E-state index contributed by atoms with van der Waals surface area (Å²) in [7, 11) is 0. The molecule has 0 aromatic heterocycles. The second-order valence-corrected chi connectivity index (χ2v) is 4.50. The monoisotopic (exact) mass is 260 g/mol. The summed E-state index contributed by atoms with van der Waals surface area (Å²) < 4.78 is 6.77. The van der Waals surface area contributed by atoms with Crippen molar-refractivity contribution in [1.82, 2.24) is 0 Å². The minimum atomic E-state index is 0.671. The molecule has 74 valence electrons. The van der Waals surface area contributed by atoms with Crippen molar-refractivity contribution in [2.75, 3.05) is 0 Å². The molecule has 0 bridgehead atoms. The van der Waals surface area contributed by atoms with Crippen LogP contribution in [0.15, 0.2) is 46.9 Å². The highest BCUT2D eigenvalue weighted by atomic mass is 79.9. The molecular formula is C13H9BrO. The van der Waals surface area contributed by atoms with Gasteiger partial charge in [0.25, 0.3) is 0 Å². The van der Waals surface area contributed by atoms with Crippen LogP contribution >= 0.6 is 15.9 Å². The van der Waals surface area contributed by atoms with E-state index >= 15 is 0 Å². The Labute approximate surface area is 96.8 Å². The van der Waals surface area contributed by atoms with Crippen molar-refractivity contribution >= 4 is 15.9 Å². The number of hydrogen-bond acceptors (Lipinski definition) is 1. The van der Waals surface area contributed by atoms with E-state index in [2.05, 4.69) is 40.2 Å². The van der Waals surface area contributed by atoms with E-state index in [1.807, 2.05) is 18.2 Å². The smallest absolute Gasteiger partial charge is 0.127 e. The maximum atomic E-state index is 5.68. The van der Waals surface area contributed by atoms with Crippen molar-refractivity contribution in [3.63, 3.8) is 0 Å². The molecule has 1 nitrogen and oxygen atoms in total. The van der Waals surface area contributed by atoms with Gasteiger partial charge in [0.05, 0.1) is 0 Å². The maximum absolute atomic E-state index is 5.68. The molecule has 0 radical (unpaired) electrons. The molecule has 0 amide bonds. The van der Waals surface area contributed by atoms with Crippen LogP contribution < -0.4 is 4.74 Å². The molecule has 1 aliphatic heterocycles. The van der Waals surface area contributed by atoms with Crippen molar-refractivity contribution in [3.8, 4) is 16.9 Å². The van der Waals surface area contributed by atoms with Gasteiger partial charge in [-0.25, -0.2) is 0 Å². The summed E-state index contributed by atoms with van der Waals surface area (Å²) in [6.45, 7) is 0.671.